The third kappa shape index (κ3) is 5.40. The van der Waals surface area contributed by atoms with Crippen molar-refractivity contribution in [2.75, 3.05) is 12.4 Å². The van der Waals surface area contributed by atoms with Crippen LogP contribution < -0.4 is 10.1 Å². The Kier molecular flexibility index (Phi) is 6.76. The van der Waals surface area contributed by atoms with Gasteiger partial charge in [-0.05, 0) is 19.1 Å². The topological polar surface area (TPSA) is 121 Å². The van der Waals surface area contributed by atoms with Gasteiger partial charge in [-0.25, -0.2) is 15.0 Å². The maximum absolute atomic E-state index is 13.3. The van der Waals surface area contributed by atoms with Crippen molar-refractivity contribution < 1.29 is 9.53 Å². The summed E-state index contributed by atoms with van der Waals surface area (Å²) < 4.78 is 7.13. The molecule has 0 aliphatic rings. The summed E-state index contributed by atoms with van der Waals surface area (Å²) in [6, 6.07) is 3.44. The molecule has 1 N–H and O–H groups in total. The fraction of sp³-hybridized carbons (Fsp3) is 0.160. The Hall–Kier alpha value is -4.40. The first-order valence-electron chi connectivity index (χ1n) is 11.0. The maximum atomic E-state index is 13.3. The van der Waals surface area contributed by atoms with Crippen LogP contribution in [0.5, 0.6) is 5.75 Å². The van der Waals surface area contributed by atoms with Gasteiger partial charge in [0, 0.05) is 36.3 Å². The van der Waals surface area contributed by atoms with Gasteiger partial charge in [0.25, 0.3) is 5.91 Å². The Labute approximate surface area is 220 Å². The zero-order chi connectivity index (χ0) is 25.9. The molecule has 0 unspecified atom stereocenters. The molecule has 1 amide bonds. The molecule has 12 heteroatoms. The van der Waals surface area contributed by atoms with Crippen molar-refractivity contribution in [3.8, 4) is 28.7 Å². The molecule has 0 aliphatic carbocycles. The van der Waals surface area contributed by atoms with Crippen molar-refractivity contribution in [1.82, 2.24) is 34.7 Å². The predicted molar refractivity (Wildman–Crippen MR) is 141 cm³/mol. The van der Waals surface area contributed by atoms with E-state index in [0.29, 0.717) is 50.2 Å². The third-order valence-corrected chi connectivity index (χ3v) is 6.29. The minimum atomic E-state index is -0.390. The molecule has 10 nitrogen and oxygen atoms in total. The summed E-state index contributed by atoms with van der Waals surface area (Å²) in [4.78, 5) is 35.6. The normalized spacial score (nSPS) is 10.7. The first-order chi connectivity index (χ1) is 17.9. The van der Waals surface area contributed by atoms with Crippen LogP contribution in [0.15, 0.2) is 43.1 Å². The molecule has 184 valence electrons. The average molecular weight is 531 g/mol. The van der Waals surface area contributed by atoms with Crippen LogP contribution >= 0.6 is 22.9 Å². The summed E-state index contributed by atoms with van der Waals surface area (Å²) in [6.07, 6.45) is 8.62. The van der Waals surface area contributed by atoms with Crippen LogP contribution in [0.1, 0.15) is 27.3 Å². The van der Waals surface area contributed by atoms with Crippen molar-refractivity contribution in [2.24, 2.45) is 7.05 Å². The summed E-state index contributed by atoms with van der Waals surface area (Å²) in [6.45, 7) is 1.84. The van der Waals surface area contributed by atoms with E-state index >= 15 is 0 Å². The lowest BCUT2D eigenvalue weighted by Gasteiger charge is -2.13. The molecule has 0 fully saturated rings. The molecule has 5 aromatic rings. The smallest absolute Gasteiger partial charge is 0.259 e. The Morgan fingerprint density at radius 2 is 2.00 bits per heavy atom. The van der Waals surface area contributed by atoms with E-state index < -0.39 is 0 Å². The van der Waals surface area contributed by atoms with E-state index in [1.165, 1.54) is 30.8 Å². The number of thiazole rings is 1. The zero-order valence-corrected chi connectivity index (χ0v) is 21.6. The molecule has 0 bridgehead atoms. The Morgan fingerprint density at radius 3 is 2.78 bits per heavy atom. The number of carbonyl (C=O) groups is 1. The summed E-state index contributed by atoms with van der Waals surface area (Å²) >= 11 is 7.36. The Bertz CT molecular complexity index is 1700. The number of carbonyl (C=O) groups excluding carboxylic acids is 1. The third-order valence-electron chi connectivity index (χ3n) is 5.23. The second-order valence-corrected chi connectivity index (χ2v) is 9.29. The lowest BCUT2D eigenvalue weighted by molar-refractivity contribution is 0.102. The van der Waals surface area contributed by atoms with E-state index in [9.17, 15) is 4.79 Å². The lowest BCUT2D eigenvalue weighted by Crippen LogP contribution is -2.14. The molecule has 0 aliphatic heterocycles. The molecule has 0 atom stereocenters. The standard InChI is InChI=1S/C25H19ClN8O2S/c1-14-7-17(18-8-21(26)28-12-20(18)36-3)19(11-27-14)23(35)33-25-32-22-24(37-25)31-16(10-29-22)6-4-5-15-9-30-34(2)13-15/h7-13H,6H2,1-3H3,(H,29,32,33,35). The van der Waals surface area contributed by atoms with E-state index in [0.717, 1.165) is 11.3 Å². The number of nitrogens with zero attached hydrogens (tertiary/aromatic N) is 7. The number of hydrogen-bond acceptors (Lipinski definition) is 9. The van der Waals surface area contributed by atoms with Gasteiger partial charge in [0.1, 0.15) is 10.9 Å². The van der Waals surface area contributed by atoms with E-state index in [1.807, 2.05) is 20.2 Å². The van der Waals surface area contributed by atoms with Gasteiger partial charge in [0.15, 0.2) is 15.6 Å². The zero-order valence-electron chi connectivity index (χ0n) is 20.0. The average Bonchev–Trinajstić information content (AvgIpc) is 3.48. The molecule has 0 saturated carbocycles. The number of fused-ring (bicyclic) bond motifs is 1. The van der Waals surface area contributed by atoms with Gasteiger partial charge in [0.2, 0.25) is 0 Å². The minimum absolute atomic E-state index is 0.279. The summed E-state index contributed by atoms with van der Waals surface area (Å²) in [7, 11) is 3.37. The summed E-state index contributed by atoms with van der Waals surface area (Å²) in [5, 5.41) is 7.58. The minimum Gasteiger partial charge on any atom is -0.494 e. The predicted octanol–water partition coefficient (Wildman–Crippen LogP) is 4.09. The van der Waals surface area contributed by atoms with E-state index in [4.69, 9.17) is 16.3 Å². The van der Waals surface area contributed by atoms with Crippen LogP contribution in [0.25, 0.3) is 21.6 Å². The largest absolute Gasteiger partial charge is 0.494 e. The highest BCUT2D eigenvalue weighted by atomic mass is 35.5. The molecule has 5 aromatic heterocycles. The number of nitrogens with one attached hydrogen (secondary N) is 1. The molecular weight excluding hydrogens is 512 g/mol. The SMILES string of the molecule is COc1cnc(Cl)cc1-c1cc(C)ncc1C(=O)Nc1nc2ncc(CC#Cc3cnn(C)c3)nc2s1. The summed E-state index contributed by atoms with van der Waals surface area (Å²) in [5.41, 5.74) is 4.27. The number of amides is 1. The number of ether oxygens (including phenoxy) is 1. The molecular formula is C25H19ClN8O2S. The highest BCUT2D eigenvalue weighted by molar-refractivity contribution is 7.21. The van der Waals surface area contributed by atoms with Crippen molar-refractivity contribution in [1.29, 1.82) is 0 Å². The van der Waals surface area contributed by atoms with Gasteiger partial charge < -0.3 is 4.74 Å². The van der Waals surface area contributed by atoms with E-state index in [-0.39, 0.29) is 11.1 Å². The first-order valence-corrected chi connectivity index (χ1v) is 12.2. The van der Waals surface area contributed by atoms with Crippen molar-refractivity contribution >= 4 is 44.5 Å². The van der Waals surface area contributed by atoms with Crippen LogP contribution in [0, 0.1) is 18.8 Å². The highest BCUT2D eigenvalue weighted by Gasteiger charge is 2.19. The van der Waals surface area contributed by atoms with Gasteiger partial charge in [-0.3, -0.25) is 19.8 Å². The van der Waals surface area contributed by atoms with Crippen LogP contribution in [0.3, 0.4) is 0 Å². The first kappa shape index (κ1) is 24.3. The monoisotopic (exact) mass is 530 g/mol. The van der Waals surface area contributed by atoms with Gasteiger partial charge in [-0.15, -0.1) is 0 Å². The van der Waals surface area contributed by atoms with E-state index in [2.05, 4.69) is 47.2 Å². The van der Waals surface area contributed by atoms with E-state index in [1.54, 1.807) is 29.2 Å². The molecule has 5 heterocycles. The molecule has 0 aromatic carbocycles. The Balaban J connectivity index is 1.39. The molecule has 37 heavy (non-hydrogen) atoms. The van der Waals surface area contributed by atoms with Crippen LogP contribution in [0.4, 0.5) is 5.13 Å². The number of halogens is 1. The summed E-state index contributed by atoms with van der Waals surface area (Å²) in [5.74, 6) is 6.22. The van der Waals surface area contributed by atoms with Crippen molar-refractivity contribution in [2.45, 2.75) is 13.3 Å². The maximum Gasteiger partial charge on any atom is 0.259 e. The quantitative estimate of drug-likeness (QED) is 0.266. The number of aryl methyl sites for hydroxylation is 2. The second-order valence-electron chi connectivity index (χ2n) is 7.92. The number of anilines is 1. The van der Waals surface area contributed by atoms with Crippen molar-refractivity contribution in [3.05, 3.63) is 70.8 Å². The Morgan fingerprint density at radius 1 is 1.14 bits per heavy atom. The fourth-order valence-electron chi connectivity index (χ4n) is 3.54. The number of hydrogen-bond donors (Lipinski definition) is 1. The molecule has 0 spiro atoms. The van der Waals surface area contributed by atoms with Crippen molar-refractivity contribution in [3.63, 3.8) is 0 Å². The van der Waals surface area contributed by atoms with Crippen LogP contribution in [-0.4, -0.2) is 47.7 Å². The fourth-order valence-corrected chi connectivity index (χ4v) is 4.51. The second kappa shape index (κ2) is 10.3. The number of methoxy groups -OCH3 is 1. The molecule has 5 rings (SSSR count). The number of rotatable bonds is 5. The van der Waals surface area contributed by atoms with Crippen LogP contribution in [0.2, 0.25) is 5.15 Å². The lowest BCUT2D eigenvalue weighted by atomic mass is 10.0. The molecule has 0 radical (unpaired) electrons. The van der Waals surface area contributed by atoms with Gasteiger partial charge >= 0.3 is 0 Å². The molecule has 0 saturated heterocycles. The number of pyridine rings is 2. The van der Waals surface area contributed by atoms with Crippen LogP contribution in [-0.2, 0) is 13.5 Å². The number of aromatic nitrogens is 7. The van der Waals surface area contributed by atoms with Gasteiger partial charge in [0.05, 0.1) is 48.9 Å². The van der Waals surface area contributed by atoms with Gasteiger partial charge in [-0.1, -0.05) is 34.8 Å². The van der Waals surface area contributed by atoms with Gasteiger partial charge in [-0.2, -0.15) is 10.1 Å². The highest BCUT2D eigenvalue weighted by Crippen LogP contribution is 2.34.